The first-order chi connectivity index (χ1) is 20.1. The van der Waals surface area contributed by atoms with Crippen LogP contribution in [0, 0.1) is 18.8 Å². The first-order valence-electron chi connectivity index (χ1n) is 13.9. The monoisotopic (exact) mass is 575 g/mol. The minimum absolute atomic E-state index is 0.00663. The Morgan fingerprint density at radius 3 is 2.67 bits per heavy atom. The molecule has 6 rings (SSSR count). The molecule has 6 N–H and O–H groups in total. The summed E-state index contributed by atoms with van der Waals surface area (Å²) in [4.78, 5) is 16.6. The number of phenolic OH excluding ortho intramolecular Hbond substituents is 1. The van der Waals surface area contributed by atoms with Gasteiger partial charge in [0, 0.05) is 30.3 Å². The van der Waals surface area contributed by atoms with E-state index in [-0.39, 0.29) is 35.3 Å². The first kappa shape index (κ1) is 28.3. The maximum Gasteiger partial charge on any atom is 0.229 e. The van der Waals surface area contributed by atoms with E-state index in [1.807, 2.05) is 13.1 Å². The van der Waals surface area contributed by atoms with E-state index in [1.165, 1.54) is 19.3 Å². The predicted octanol–water partition coefficient (Wildman–Crippen LogP) is 2.46. The van der Waals surface area contributed by atoms with Crippen LogP contribution in [0.4, 0.5) is 0 Å². The average Bonchev–Trinajstić information content (AvgIpc) is 3.38. The Morgan fingerprint density at radius 1 is 1.14 bits per heavy atom. The molecule has 10 heteroatoms. The zero-order valence-electron chi connectivity index (χ0n) is 23.4. The smallest absolute Gasteiger partial charge is 0.229 e. The largest absolute Gasteiger partial charge is 0.506 e. The molecule has 1 aromatic heterocycles. The van der Waals surface area contributed by atoms with E-state index in [0.29, 0.717) is 23.1 Å². The van der Waals surface area contributed by atoms with Crippen LogP contribution in [0.3, 0.4) is 0 Å². The van der Waals surface area contributed by atoms with Crippen molar-refractivity contribution >= 4 is 22.6 Å². The fourth-order valence-electron chi connectivity index (χ4n) is 6.47. The molecule has 7 atom stereocenters. The molecule has 0 amide bonds. The van der Waals surface area contributed by atoms with Crippen molar-refractivity contribution in [2.24, 2.45) is 0 Å². The number of hydrogen-bond acceptors (Lipinski definition) is 9. The summed E-state index contributed by atoms with van der Waals surface area (Å²) in [7, 11) is 1.46. The summed E-state index contributed by atoms with van der Waals surface area (Å²) in [6.45, 7) is 3.68. The van der Waals surface area contributed by atoms with E-state index in [0.717, 1.165) is 16.8 Å². The van der Waals surface area contributed by atoms with Gasteiger partial charge < -0.3 is 44.7 Å². The minimum Gasteiger partial charge on any atom is -0.506 e. The molecule has 1 saturated heterocycles. The zero-order valence-corrected chi connectivity index (χ0v) is 23.4. The highest BCUT2D eigenvalue weighted by atomic mass is 16.7. The maximum atomic E-state index is 13.4. The van der Waals surface area contributed by atoms with Crippen LogP contribution in [0.15, 0.2) is 30.5 Å². The molecule has 4 bridgehead atoms. The van der Waals surface area contributed by atoms with Crippen LogP contribution in [-0.4, -0.2) is 79.7 Å². The molecule has 1 fully saturated rings. The fraction of sp³-hybridized carbons (Fsp3) is 0.406. The number of methoxy groups -OCH3 is 1. The number of aryl methyl sites for hydroxylation is 2. The molecule has 2 aromatic carbocycles. The van der Waals surface area contributed by atoms with Crippen molar-refractivity contribution in [2.45, 2.75) is 75.3 Å². The number of nitrogens with one attached hydrogen (secondary N) is 1. The number of aromatic hydroxyl groups is 1. The molecule has 0 radical (unpaired) electrons. The molecule has 2 aliphatic heterocycles. The van der Waals surface area contributed by atoms with Crippen molar-refractivity contribution in [2.75, 3.05) is 7.11 Å². The number of rotatable bonds is 2. The molecular formula is C32H33NO9. The Labute approximate surface area is 242 Å². The molecule has 220 valence electrons. The number of carbonyl (C=O) groups is 1. The van der Waals surface area contributed by atoms with Gasteiger partial charge >= 0.3 is 0 Å². The number of aliphatic hydroxyl groups is 4. The van der Waals surface area contributed by atoms with Crippen LogP contribution in [0.1, 0.15) is 58.4 Å². The van der Waals surface area contributed by atoms with Gasteiger partial charge in [0.05, 0.1) is 24.5 Å². The van der Waals surface area contributed by atoms with Gasteiger partial charge in [-0.05, 0) is 53.6 Å². The third-order valence-corrected chi connectivity index (χ3v) is 8.65. The average molecular weight is 576 g/mol. The molecule has 42 heavy (non-hydrogen) atoms. The number of aromatic nitrogens is 1. The molecule has 0 saturated carbocycles. The molecule has 3 heterocycles. The molecule has 10 nitrogen and oxygen atoms in total. The highest BCUT2D eigenvalue weighted by Crippen LogP contribution is 2.47. The number of hydrogen-bond donors (Lipinski definition) is 6. The molecule has 3 aliphatic rings. The highest BCUT2D eigenvalue weighted by molar-refractivity contribution is 6.08. The van der Waals surface area contributed by atoms with Gasteiger partial charge in [0.2, 0.25) is 6.29 Å². The lowest BCUT2D eigenvalue weighted by molar-refractivity contribution is -0.300. The van der Waals surface area contributed by atoms with E-state index in [1.54, 1.807) is 25.1 Å². The Balaban J connectivity index is 1.56. The van der Waals surface area contributed by atoms with Crippen molar-refractivity contribution in [1.29, 1.82) is 0 Å². The van der Waals surface area contributed by atoms with Crippen molar-refractivity contribution in [1.82, 2.24) is 4.98 Å². The molecule has 0 spiro atoms. The van der Waals surface area contributed by atoms with Gasteiger partial charge in [0.25, 0.3) is 0 Å². The number of phenols is 1. The van der Waals surface area contributed by atoms with Crippen LogP contribution >= 0.6 is 0 Å². The van der Waals surface area contributed by atoms with Crippen molar-refractivity contribution < 1.29 is 44.5 Å². The van der Waals surface area contributed by atoms with Crippen molar-refractivity contribution in [3.05, 3.63) is 58.4 Å². The number of carbonyl (C=O) groups excluding carboxylic acids is 1. The Kier molecular flexibility index (Phi) is 7.04. The van der Waals surface area contributed by atoms with Gasteiger partial charge in [0.15, 0.2) is 5.78 Å². The number of fused-ring (bicyclic) bond motifs is 7. The second-order valence-corrected chi connectivity index (χ2v) is 11.1. The summed E-state index contributed by atoms with van der Waals surface area (Å²) in [5.41, 5.74) is 1.21. The standard InChI is InChI=1S/C32H33NO9/c1-4-16-14-33-20-9-10-32(39)19(24(16)20)7-5-6-8-21(34)23-15(2)11-17-12-18(40-3)13-22(25(17)26(23)35)41-31-29(38)27(36)28(37)30(32)42-31/h9-14,19,27-31,33,35-39H,4,7-8H2,1-3H3/t19-,27+,28+,29-,30+,31+,32+/m1/s1. The molecular weight excluding hydrogens is 542 g/mol. The number of aliphatic hydroxyl groups excluding tert-OH is 3. The molecule has 1 aliphatic carbocycles. The predicted molar refractivity (Wildman–Crippen MR) is 152 cm³/mol. The number of aromatic amines is 1. The summed E-state index contributed by atoms with van der Waals surface area (Å²) >= 11 is 0. The van der Waals surface area contributed by atoms with Crippen LogP contribution in [0.25, 0.3) is 16.8 Å². The topological polar surface area (TPSA) is 162 Å². The highest BCUT2D eigenvalue weighted by Gasteiger charge is 2.56. The Morgan fingerprint density at radius 2 is 1.93 bits per heavy atom. The van der Waals surface area contributed by atoms with Gasteiger partial charge in [-0.25, -0.2) is 0 Å². The summed E-state index contributed by atoms with van der Waals surface area (Å²) in [6, 6.07) is 4.84. The Hall–Kier alpha value is -3.85. The third-order valence-electron chi connectivity index (χ3n) is 8.65. The lowest BCUT2D eigenvalue weighted by Gasteiger charge is -2.49. The lowest BCUT2D eigenvalue weighted by atomic mass is 9.69. The minimum atomic E-state index is -1.89. The first-order valence-corrected chi connectivity index (χ1v) is 13.9. The summed E-state index contributed by atoms with van der Waals surface area (Å²) in [5.74, 6) is 4.85. The maximum absolute atomic E-state index is 13.4. The van der Waals surface area contributed by atoms with E-state index in [2.05, 4.69) is 16.8 Å². The van der Waals surface area contributed by atoms with Gasteiger partial charge in [0.1, 0.15) is 47.3 Å². The van der Waals surface area contributed by atoms with E-state index in [4.69, 9.17) is 14.2 Å². The Bertz CT molecular complexity index is 1660. The van der Waals surface area contributed by atoms with Gasteiger partial charge in [-0.3, -0.25) is 4.79 Å². The van der Waals surface area contributed by atoms with Crippen molar-refractivity contribution in [3.8, 4) is 29.1 Å². The SMILES string of the molecule is CCc1c[nH]c2c1[C@H]1CC#CCC(=O)c3c(C)cc4cc(OC)cc(c4c3O)O[C@H]3O[C@@H]([C@@H](O)[C@H](O)[C@H]3O)[C@]1(O)C=C2. The normalized spacial score (nSPS) is 30.4. The summed E-state index contributed by atoms with van der Waals surface area (Å²) < 4.78 is 17.7. The van der Waals surface area contributed by atoms with Gasteiger partial charge in [-0.1, -0.05) is 18.9 Å². The van der Waals surface area contributed by atoms with Crippen LogP contribution in [0.5, 0.6) is 17.2 Å². The number of ketones is 1. The van der Waals surface area contributed by atoms with Crippen LogP contribution in [-0.2, 0) is 11.2 Å². The number of Topliss-reactive ketones (excluding diaryl/α,β-unsaturated/α-hetero) is 1. The number of benzene rings is 2. The summed E-state index contributed by atoms with van der Waals surface area (Å²) in [6.07, 6.45) is -2.63. The van der Waals surface area contributed by atoms with E-state index in [9.17, 15) is 30.3 Å². The van der Waals surface area contributed by atoms with Crippen LogP contribution in [0.2, 0.25) is 0 Å². The quantitative estimate of drug-likeness (QED) is 0.252. The van der Waals surface area contributed by atoms with Gasteiger partial charge in [-0.15, -0.1) is 5.92 Å². The van der Waals surface area contributed by atoms with Crippen LogP contribution < -0.4 is 9.47 Å². The molecule has 3 aromatic rings. The fourth-order valence-corrected chi connectivity index (χ4v) is 6.47. The lowest BCUT2D eigenvalue weighted by Crippen LogP contribution is -2.66. The zero-order chi connectivity index (χ0) is 29.9. The molecule has 0 unspecified atom stereocenters. The summed E-state index contributed by atoms with van der Waals surface area (Å²) in [5, 5.41) is 57.4. The van der Waals surface area contributed by atoms with E-state index >= 15 is 0 Å². The second-order valence-electron chi connectivity index (χ2n) is 11.1. The van der Waals surface area contributed by atoms with Crippen molar-refractivity contribution in [3.63, 3.8) is 0 Å². The van der Waals surface area contributed by atoms with Gasteiger partial charge in [-0.2, -0.15) is 0 Å². The number of ether oxygens (including phenoxy) is 3. The second kappa shape index (κ2) is 10.5. The third kappa shape index (κ3) is 4.28. The number of H-pyrrole nitrogens is 1. The van der Waals surface area contributed by atoms with E-state index < -0.39 is 48.0 Å².